The Hall–Kier alpha value is -0.480. The molecule has 0 unspecified atom stereocenters. The van der Waals surface area contributed by atoms with Crippen molar-refractivity contribution in [3.05, 3.63) is 17.4 Å². The van der Waals surface area contributed by atoms with Gasteiger partial charge in [0, 0.05) is 0 Å². The van der Waals surface area contributed by atoms with Crippen molar-refractivity contribution in [1.82, 2.24) is 0 Å². The molecule has 0 amide bonds. The maximum atomic E-state index is 3.31. The van der Waals surface area contributed by atoms with Crippen molar-refractivity contribution < 1.29 is 0 Å². The Balaban J connectivity index is 3.75. The van der Waals surface area contributed by atoms with E-state index in [9.17, 15) is 0 Å². The van der Waals surface area contributed by atoms with E-state index in [0.29, 0.717) is 0 Å². The molecule has 0 heteroatoms. The molecule has 0 saturated heterocycles. The van der Waals surface area contributed by atoms with Crippen molar-refractivity contribution in [2.45, 2.75) is 47.0 Å². The molecule has 0 aliphatic carbocycles. The van der Waals surface area contributed by atoms with Crippen LogP contribution in [0.3, 0.4) is 0 Å². The predicted molar refractivity (Wildman–Crippen MR) is 51.6 cm³/mol. The van der Waals surface area contributed by atoms with Gasteiger partial charge in [-0.3, -0.25) is 0 Å². The van der Waals surface area contributed by atoms with Crippen molar-refractivity contribution in [1.29, 1.82) is 0 Å². The van der Waals surface area contributed by atoms with Gasteiger partial charge in [0.2, 0.25) is 0 Å². The van der Waals surface area contributed by atoms with E-state index >= 15 is 0 Å². The predicted octanol–water partition coefficient (Wildman–Crippen LogP) is 3.93. The van der Waals surface area contributed by atoms with Crippen molar-refractivity contribution in [3.8, 4) is 0 Å². The molecule has 0 aromatic heterocycles. The van der Waals surface area contributed by atoms with E-state index in [4.69, 9.17) is 0 Å². The van der Waals surface area contributed by atoms with Crippen LogP contribution in [-0.2, 0) is 0 Å². The van der Waals surface area contributed by atoms with E-state index in [0.717, 1.165) is 12.3 Å². The van der Waals surface area contributed by atoms with Gasteiger partial charge in [-0.05, 0) is 37.3 Å². The third kappa shape index (κ3) is 7.42. The van der Waals surface area contributed by atoms with E-state index in [-0.39, 0.29) is 0 Å². The van der Waals surface area contributed by atoms with Crippen LogP contribution in [0.5, 0.6) is 0 Å². The molecule has 0 heterocycles. The highest BCUT2D eigenvalue weighted by Gasteiger charge is 1.86. The Labute approximate surface area is 71.0 Å². The highest BCUT2D eigenvalue weighted by atomic mass is 13.9. The highest BCUT2D eigenvalue weighted by Crippen LogP contribution is 2.03. The van der Waals surface area contributed by atoms with Crippen LogP contribution in [0.4, 0.5) is 0 Å². The van der Waals surface area contributed by atoms with Gasteiger partial charge in [0.1, 0.15) is 0 Å². The summed E-state index contributed by atoms with van der Waals surface area (Å²) in [5.41, 5.74) is 4.69. The Kier molecular flexibility index (Phi) is 5.97. The maximum Gasteiger partial charge on any atom is -0.0249 e. The van der Waals surface area contributed by atoms with E-state index in [1.54, 1.807) is 0 Å². The molecule has 0 fully saturated rings. The summed E-state index contributed by atoms with van der Waals surface area (Å²) in [5.74, 6) is 0.761. The number of hydrogen-bond donors (Lipinski definition) is 0. The summed E-state index contributed by atoms with van der Waals surface area (Å²) in [5, 5.41) is 0. The standard InChI is InChI=1S/C11H20/c1-5-7-11(4)9-6-8-10(2)3/h6,10H,5,7-8H2,1-4H3. The van der Waals surface area contributed by atoms with Crippen LogP contribution in [0.25, 0.3) is 0 Å². The average Bonchev–Trinajstić information content (AvgIpc) is 1.87. The zero-order valence-electron chi connectivity index (χ0n) is 8.28. The van der Waals surface area contributed by atoms with Crippen LogP contribution in [-0.4, -0.2) is 0 Å². The van der Waals surface area contributed by atoms with E-state index < -0.39 is 0 Å². The van der Waals surface area contributed by atoms with E-state index in [2.05, 4.69) is 39.5 Å². The molecule has 0 spiro atoms. The molecule has 0 aromatic carbocycles. The molecule has 0 aliphatic heterocycles. The topological polar surface area (TPSA) is 0 Å². The first-order chi connectivity index (χ1) is 5.16. The molecule has 64 valence electrons. The summed E-state index contributed by atoms with van der Waals surface area (Å²) in [7, 11) is 0. The van der Waals surface area contributed by atoms with Crippen molar-refractivity contribution in [2.75, 3.05) is 0 Å². The normalized spacial score (nSPS) is 9.55. The number of rotatable bonds is 4. The van der Waals surface area contributed by atoms with Crippen LogP contribution in [0.1, 0.15) is 47.0 Å². The SMILES string of the molecule is CCCC(C)=C=CCC(C)C. The summed E-state index contributed by atoms with van der Waals surface area (Å²) >= 11 is 0. The van der Waals surface area contributed by atoms with Crippen LogP contribution in [0.15, 0.2) is 17.4 Å². The molecule has 0 nitrogen and oxygen atoms in total. The minimum absolute atomic E-state index is 0.761. The lowest BCUT2D eigenvalue weighted by molar-refractivity contribution is 0.664. The molecule has 0 rings (SSSR count). The molecule has 0 aliphatic rings. The van der Waals surface area contributed by atoms with Gasteiger partial charge >= 0.3 is 0 Å². The van der Waals surface area contributed by atoms with Crippen LogP contribution < -0.4 is 0 Å². The molecule has 0 N–H and O–H groups in total. The van der Waals surface area contributed by atoms with Gasteiger partial charge in [0.15, 0.2) is 0 Å². The van der Waals surface area contributed by atoms with Crippen LogP contribution >= 0.6 is 0 Å². The summed E-state index contributed by atoms with van der Waals surface area (Å²) in [6.45, 7) is 8.81. The number of hydrogen-bond acceptors (Lipinski definition) is 0. The van der Waals surface area contributed by atoms with Gasteiger partial charge in [0.25, 0.3) is 0 Å². The molecule has 0 bridgehead atoms. The fourth-order valence-electron chi connectivity index (χ4n) is 0.916. The summed E-state index contributed by atoms with van der Waals surface area (Å²) < 4.78 is 0. The third-order valence-electron chi connectivity index (χ3n) is 1.56. The quantitative estimate of drug-likeness (QED) is 0.535. The fraction of sp³-hybridized carbons (Fsp3) is 0.727. The minimum atomic E-state index is 0.761. The molecule has 0 atom stereocenters. The first-order valence-corrected chi connectivity index (χ1v) is 4.57. The first kappa shape index (κ1) is 10.5. The maximum absolute atomic E-state index is 3.31. The van der Waals surface area contributed by atoms with E-state index in [1.165, 1.54) is 18.4 Å². The van der Waals surface area contributed by atoms with Gasteiger partial charge < -0.3 is 0 Å². The van der Waals surface area contributed by atoms with E-state index in [1.807, 2.05) is 0 Å². The molecule has 11 heavy (non-hydrogen) atoms. The Morgan fingerprint density at radius 1 is 1.45 bits per heavy atom. The van der Waals surface area contributed by atoms with Gasteiger partial charge in [-0.15, -0.1) is 5.73 Å². The zero-order chi connectivity index (χ0) is 8.69. The van der Waals surface area contributed by atoms with Gasteiger partial charge in [-0.1, -0.05) is 27.2 Å². The Bertz CT molecular complexity index is 145. The second-order valence-electron chi connectivity index (χ2n) is 3.51. The second kappa shape index (κ2) is 6.24. The largest absolute Gasteiger partial charge is 0.126 e. The smallest absolute Gasteiger partial charge is 0.0249 e. The second-order valence-corrected chi connectivity index (χ2v) is 3.51. The van der Waals surface area contributed by atoms with Crippen LogP contribution in [0, 0.1) is 5.92 Å². The fourth-order valence-corrected chi connectivity index (χ4v) is 0.916. The molecule has 0 aromatic rings. The Morgan fingerprint density at radius 2 is 2.09 bits per heavy atom. The van der Waals surface area contributed by atoms with Crippen LogP contribution in [0.2, 0.25) is 0 Å². The van der Waals surface area contributed by atoms with Crippen molar-refractivity contribution >= 4 is 0 Å². The zero-order valence-corrected chi connectivity index (χ0v) is 8.28. The lowest BCUT2D eigenvalue weighted by Gasteiger charge is -1.95. The van der Waals surface area contributed by atoms with Crippen molar-refractivity contribution in [3.63, 3.8) is 0 Å². The summed E-state index contributed by atoms with van der Waals surface area (Å²) in [4.78, 5) is 0. The average molecular weight is 152 g/mol. The first-order valence-electron chi connectivity index (χ1n) is 4.57. The third-order valence-corrected chi connectivity index (χ3v) is 1.56. The van der Waals surface area contributed by atoms with Crippen molar-refractivity contribution in [2.24, 2.45) is 5.92 Å². The molecule has 0 saturated carbocycles. The summed E-state index contributed by atoms with van der Waals surface area (Å²) in [6, 6.07) is 0. The monoisotopic (exact) mass is 152 g/mol. The lowest BCUT2D eigenvalue weighted by Crippen LogP contribution is -1.80. The molecular formula is C11H20. The molecule has 0 radical (unpaired) electrons. The molecular weight excluding hydrogens is 132 g/mol. The van der Waals surface area contributed by atoms with Gasteiger partial charge in [-0.2, -0.15) is 0 Å². The lowest BCUT2D eigenvalue weighted by atomic mass is 10.1. The minimum Gasteiger partial charge on any atom is -0.126 e. The van der Waals surface area contributed by atoms with Gasteiger partial charge in [0.05, 0.1) is 0 Å². The summed E-state index contributed by atoms with van der Waals surface area (Å²) in [6.07, 6.45) is 5.74. The van der Waals surface area contributed by atoms with Gasteiger partial charge in [-0.25, -0.2) is 0 Å². The Morgan fingerprint density at radius 3 is 2.55 bits per heavy atom. The highest BCUT2D eigenvalue weighted by molar-refractivity contribution is 4.97. The number of allylic oxidation sites excluding steroid dienone is 1.